The van der Waals surface area contributed by atoms with Crippen molar-refractivity contribution in [2.24, 2.45) is 5.84 Å². The van der Waals surface area contributed by atoms with Crippen LogP contribution in [-0.4, -0.2) is 6.54 Å². The first-order valence-electron chi connectivity index (χ1n) is 4.88. The normalized spacial score (nSPS) is 10.3. The third kappa shape index (κ3) is 3.57. The third-order valence-electron chi connectivity index (χ3n) is 2.09. The van der Waals surface area contributed by atoms with E-state index in [9.17, 15) is 0 Å². The van der Waals surface area contributed by atoms with Crippen LogP contribution in [0.5, 0.6) is 0 Å². The lowest BCUT2D eigenvalue weighted by atomic mass is 10.1. The van der Waals surface area contributed by atoms with E-state index in [1.54, 1.807) is 0 Å². The van der Waals surface area contributed by atoms with Gasteiger partial charge in [-0.15, -0.1) is 0 Å². The van der Waals surface area contributed by atoms with Crippen LogP contribution in [0.25, 0.3) is 0 Å². The Morgan fingerprint density at radius 2 is 1.92 bits per heavy atom. The van der Waals surface area contributed by atoms with Crippen LogP contribution in [-0.2, 0) is 12.8 Å². The maximum atomic E-state index is 5.22. The zero-order chi connectivity index (χ0) is 9.52. The Morgan fingerprint density at radius 3 is 2.54 bits per heavy atom. The van der Waals surface area contributed by atoms with E-state index in [1.165, 1.54) is 24.0 Å². The minimum atomic E-state index is 0.843. The molecule has 72 valence electrons. The molecule has 0 aliphatic heterocycles. The zero-order valence-electron chi connectivity index (χ0n) is 8.22. The van der Waals surface area contributed by atoms with E-state index in [0.29, 0.717) is 0 Å². The molecule has 0 aromatic heterocycles. The van der Waals surface area contributed by atoms with Gasteiger partial charge in [-0.1, -0.05) is 37.6 Å². The van der Waals surface area contributed by atoms with Gasteiger partial charge >= 0.3 is 0 Å². The highest BCUT2D eigenvalue weighted by Gasteiger charge is 1.94. The number of aryl methyl sites for hydroxylation is 1. The molecule has 1 aromatic rings. The van der Waals surface area contributed by atoms with Gasteiger partial charge in [0.05, 0.1) is 0 Å². The molecule has 2 nitrogen and oxygen atoms in total. The quantitative estimate of drug-likeness (QED) is 0.531. The van der Waals surface area contributed by atoms with E-state index in [0.717, 1.165) is 13.0 Å². The number of rotatable bonds is 5. The Morgan fingerprint density at radius 1 is 1.23 bits per heavy atom. The smallest absolute Gasteiger partial charge is 0.0138 e. The van der Waals surface area contributed by atoms with Crippen LogP contribution in [0, 0.1) is 0 Å². The van der Waals surface area contributed by atoms with Gasteiger partial charge in [0.15, 0.2) is 0 Å². The molecule has 0 atom stereocenters. The van der Waals surface area contributed by atoms with Crippen LogP contribution in [0.15, 0.2) is 24.3 Å². The Balaban J connectivity index is 2.56. The number of hydrogen-bond donors (Lipinski definition) is 2. The highest BCUT2D eigenvalue weighted by molar-refractivity contribution is 5.23. The summed E-state index contributed by atoms with van der Waals surface area (Å²) in [5, 5.41) is 0. The second kappa shape index (κ2) is 5.73. The predicted octanol–water partition coefficient (Wildman–Crippen LogP) is 1.64. The van der Waals surface area contributed by atoms with Crippen molar-refractivity contribution in [3.63, 3.8) is 0 Å². The van der Waals surface area contributed by atoms with Gasteiger partial charge in [0.25, 0.3) is 0 Å². The minimum absolute atomic E-state index is 0.843. The molecule has 0 aliphatic rings. The topological polar surface area (TPSA) is 38.0 Å². The Labute approximate surface area is 80.1 Å². The summed E-state index contributed by atoms with van der Waals surface area (Å²) in [5.74, 6) is 5.22. The van der Waals surface area contributed by atoms with E-state index in [-0.39, 0.29) is 0 Å². The van der Waals surface area contributed by atoms with Crippen molar-refractivity contribution in [2.45, 2.75) is 26.2 Å². The number of nitrogens with two attached hydrogens (primary N) is 1. The van der Waals surface area contributed by atoms with E-state index in [4.69, 9.17) is 5.84 Å². The van der Waals surface area contributed by atoms with Crippen LogP contribution < -0.4 is 11.3 Å². The summed E-state index contributed by atoms with van der Waals surface area (Å²) < 4.78 is 0. The van der Waals surface area contributed by atoms with Crippen molar-refractivity contribution in [1.29, 1.82) is 0 Å². The van der Waals surface area contributed by atoms with Gasteiger partial charge < -0.3 is 0 Å². The second-order valence-corrected chi connectivity index (χ2v) is 3.27. The molecule has 0 saturated heterocycles. The summed E-state index contributed by atoms with van der Waals surface area (Å²) in [4.78, 5) is 0. The van der Waals surface area contributed by atoms with E-state index in [1.807, 2.05) is 0 Å². The fourth-order valence-electron chi connectivity index (χ4n) is 1.45. The van der Waals surface area contributed by atoms with E-state index in [2.05, 4.69) is 36.6 Å². The molecular weight excluding hydrogens is 160 g/mol. The second-order valence-electron chi connectivity index (χ2n) is 3.27. The maximum absolute atomic E-state index is 5.22. The molecule has 1 aromatic carbocycles. The Hall–Kier alpha value is -0.860. The number of nitrogens with one attached hydrogen (secondary N) is 1. The molecule has 0 fully saturated rings. The molecule has 13 heavy (non-hydrogen) atoms. The van der Waals surface area contributed by atoms with Gasteiger partial charge in [-0.05, 0) is 24.0 Å². The van der Waals surface area contributed by atoms with Crippen molar-refractivity contribution in [3.05, 3.63) is 35.4 Å². The van der Waals surface area contributed by atoms with Gasteiger partial charge in [0, 0.05) is 6.54 Å². The summed E-state index contributed by atoms with van der Waals surface area (Å²) in [6.07, 6.45) is 3.39. The van der Waals surface area contributed by atoms with E-state index < -0.39 is 0 Å². The monoisotopic (exact) mass is 178 g/mol. The van der Waals surface area contributed by atoms with Crippen molar-refractivity contribution in [1.82, 2.24) is 5.43 Å². The largest absolute Gasteiger partial charge is 0.271 e. The lowest BCUT2D eigenvalue weighted by molar-refractivity contribution is 0.727. The van der Waals surface area contributed by atoms with Gasteiger partial charge in [0.1, 0.15) is 0 Å². The van der Waals surface area contributed by atoms with Crippen molar-refractivity contribution in [3.8, 4) is 0 Å². The predicted molar refractivity (Wildman–Crippen MR) is 56.3 cm³/mol. The van der Waals surface area contributed by atoms with Gasteiger partial charge in [-0.2, -0.15) is 0 Å². The standard InChI is InChI=1S/C11H18N2/c1-2-4-10-5-3-6-11(9-10)7-8-13-12/h3,5-6,9,13H,2,4,7-8,12H2,1H3. The highest BCUT2D eigenvalue weighted by atomic mass is 15.2. The third-order valence-corrected chi connectivity index (χ3v) is 2.09. The van der Waals surface area contributed by atoms with Gasteiger partial charge in [-0.25, -0.2) is 0 Å². The van der Waals surface area contributed by atoms with Crippen LogP contribution in [0.2, 0.25) is 0 Å². The summed E-state index contributed by atoms with van der Waals surface area (Å²) >= 11 is 0. The molecule has 2 heteroatoms. The average molecular weight is 178 g/mol. The van der Waals surface area contributed by atoms with Crippen LogP contribution >= 0.6 is 0 Å². The lowest BCUT2D eigenvalue weighted by Crippen LogP contribution is -2.24. The summed E-state index contributed by atoms with van der Waals surface area (Å²) in [5.41, 5.74) is 5.46. The number of hydrazine groups is 1. The fraction of sp³-hybridized carbons (Fsp3) is 0.455. The van der Waals surface area contributed by atoms with Gasteiger partial charge in [0.2, 0.25) is 0 Å². The average Bonchev–Trinajstić information content (AvgIpc) is 2.16. The van der Waals surface area contributed by atoms with Crippen LogP contribution in [0.1, 0.15) is 24.5 Å². The zero-order valence-corrected chi connectivity index (χ0v) is 8.22. The molecule has 0 saturated carbocycles. The molecule has 0 spiro atoms. The van der Waals surface area contributed by atoms with Crippen molar-refractivity contribution >= 4 is 0 Å². The first-order chi connectivity index (χ1) is 6.36. The van der Waals surface area contributed by atoms with Crippen LogP contribution in [0.4, 0.5) is 0 Å². The van der Waals surface area contributed by atoms with Gasteiger partial charge in [-0.3, -0.25) is 11.3 Å². The first kappa shape index (κ1) is 10.2. The molecule has 0 amide bonds. The van der Waals surface area contributed by atoms with Crippen molar-refractivity contribution in [2.75, 3.05) is 6.54 Å². The minimum Gasteiger partial charge on any atom is -0.271 e. The summed E-state index contributed by atoms with van der Waals surface area (Å²) in [7, 11) is 0. The fourth-order valence-corrected chi connectivity index (χ4v) is 1.45. The maximum Gasteiger partial charge on any atom is 0.0138 e. The molecular formula is C11H18N2. The SMILES string of the molecule is CCCc1cccc(CCNN)c1. The molecule has 1 rings (SSSR count). The molecule has 3 N–H and O–H groups in total. The molecule has 0 bridgehead atoms. The van der Waals surface area contributed by atoms with Crippen LogP contribution in [0.3, 0.4) is 0 Å². The molecule has 0 unspecified atom stereocenters. The first-order valence-corrected chi connectivity index (χ1v) is 4.88. The van der Waals surface area contributed by atoms with E-state index >= 15 is 0 Å². The lowest BCUT2D eigenvalue weighted by Gasteiger charge is -2.03. The number of benzene rings is 1. The highest BCUT2D eigenvalue weighted by Crippen LogP contribution is 2.07. The Kier molecular flexibility index (Phi) is 4.50. The summed E-state index contributed by atoms with van der Waals surface area (Å²) in [6.45, 7) is 3.05. The molecule has 0 aliphatic carbocycles. The van der Waals surface area contributed by atoms with Crippen molar-refractivity contribution < 1.29 is 0 Å². The Bertz CT molecular complexity index is 246. The molecule has 0 radical (unpaired) electrons. The molecule has 0 heterocycles. The number of hydrogen-bond acceptors (Lipinski definition) is 2. The summed E-state index contributed by atoms with van der Waals surface area (Å²) in [6, 6.07) is 8.72.